The first-order chi connectivity index (χ1) is 9.75. The third kappa shape index (κ3) is 2.64. The molecule has 0 aromatic heterocycles. The lowest BCUT2D eigenvalue weighted by Gasteiger charge is -2.25. The molecule has 0 spiro atoms. The number of rotatable bonds is 4. The molecule has 0 heterocycles. The van der Waals surface area contributed by atoms with Crippen molar-refractivity contribution in [2.75, 3.05) is 0 Å². The summed E-state index contributed by atoms with van der Waals surface area (Å²) in [4.78, 5) is 0. The van der Waals surface area contributed by atoms with Gasteiger partial charge < -0.3 is 5.32 Å². The summed E-state index contributed by atoms with van der Waals surface area (Å²) in [5, 5.41) is 3.79. The van der Waals surface area contributed by atoms with Crippen LogP contribution in [0.5, 0.6) is 0 Å². The van der Waals surface area contributed by atoms with Crippen LogP contribution >= 0.6 is 0 Å². The Balaban J connectivity index is 1.78. The molecule has 20 heavy (non-hydrogen) atoms. The minimum Gasteiger partial charge on any atom is -0.306 e. The Bertz CT molecular complexity index is 559. The Kier molecular flexibility index (Phi) is 3.88. The van der Waals surface area contributed by atoms with Gasteiger partial charge in [-0.05, 0) is 34.9 Å². The maximum Gasteiger partial charge on any atom is 0.0359 e. The smallest absolute Gasteiger partial charge is 0.0359 e. The van der Waals surface area contributed by atoms with Gasteiger partial charge in [0.1, 0.15) is 0 Å². The SMILES string of the molecule is CC(C)[C@@H]1Cc2ccccc2[C@H]1NCc1ccccc1. The number of nitrogens with one attached hydrogen (secondary N) is 1. The minimum atomic E-state index is 0.492. The molecule has 0 saturated carbocycles. The van der Waals surface area contributed by atoms with Crippen LogP contribution < -0.4 is 5.32 Å². The summed E-state index contributed by atoms with van der Waals surface area (Å²) in [6.45, 7) is 5.63. The highest BCUT2D eigenvalue weighted by atomic mass is 14.9. The molecular formula is C19H23N. The van der Waals surface area contributed by atoms with Crippen molar-refractivity contribution in [2.45, 2.75) is 32.9 Å². The van der Waals surface area contributed by atoms with E-state index in [1.165, 1.54) is 23.1 Å². The number of fused-ring (bicyclic) bond motifs is 1. The van der Waals surface area contributed by atoms with Crippen molar-refractivity contribution in [1.82, 2.24) is 5.32 Å². The molecule has 104 valence electrons. The van der Waals surface area contributed by atoms with Crippen LogP contribution in [0, 0.1) is 11.8 Å². The largest absolute Gasteiger partial charge is 0.306 e. The molecule has 1 N–H and O–H groups in total. The third-order valence-electron chi connectivity index (χ3n) is 4.50. The highest BCUT2D eigenvalue weighted by Gasteiger charge is 2.33. The van der Waals surface area contributed by atoms with E-state index in [0.29, 0.717) is 17.9 Å². The third-order valence-corrected chi connectivity index (χ3v) is 4.50. The minimum absolute atomic E-state index is 0.492. The Morgan fingerprint density at radius 2 is 1.70 bits per heavy atom. The van der Waals surface area contributed by atoms with E-state index in [-0.39, 0.29) is 0 Å². The zero-order valence-electron chi connectivity index (χ0n) is 12.3. The second-order valence-corrected chi connectivity index (χ2v) is 6.15. The van der Waals surface area contributed by atoms with Gasteiger partial charge in [0, 0.05) is 12.6 Å². The molecule has 1 aliphatic rings. The van der Waals surface area contributed by atoms with Gasteiger partial charge in [-0.2, -0.15) is 0 Å². The second kappa shape index (κ2) is 5.80. The van der Waals surface area contributed by atoms with E-state index in [9.17, 15) is 0 Å². The summed E-state index contributed by atoms with van der Waals surface area (Å²) in [5.41, 5.74) is 4.39. The molecule has 2 atom stereocenters. The van der Waals surface area contributed by atoms with Gasteiger partial charge >= 0.3 is 0 Å². The van der Waals surface area contributed by atoms with E-state index < -0.39 is 0 Å². The van der Waals surface area contributed by atoms with Crippen LogP contribution in [0.25, 0.3) is 0 Å². The molecule has 0 bridgehead atoms. The highest BCUT2D eigenvalue weighted by molar-refractivity contribution is 5.36. The molecule has 0 amide bonds. The normalized spacial score (nSPS) is 21.1. The quantitative estimate of drug-likeness (QED) is 0.867. The zero-order chi connectivity index (χ0) is 13.9. The van der Waals surface area contributed by atoms with Crippen molar-refractivity contribution < 1.29 is 0 Å². The van der Waals surface area contributed by atoms with Crippen LogP contribution in [0.4, 0.5) is 0 Å². The Morgan fingerprint density at radius 1 is 1.00 bits per heavy atom. The molecule has 1 heteroatoms. The first kappa shape index (κ1) is 13.4. The summed E-state index contributed by atoms with van der Waals surface area (Å²) < 4.78 is 0. The standard InChI is InChI=1S/C19H23N/c1-14(2)18-12-16-10-6-7-11-17(16)19(18)20-13-15-8-4-3-5-9-15/h3-11,14,18-20H,12-13H2,1-2H3/t18-,19+/m0/s1. The second-order valence-electron chi connectivity index (χ2n) is 6.15. The molecule has 0 radical (unpaired) electrons. The maximum absolute atomic E-state index is 3.79. The molecule has 1 aliphatic carbocycles. The van der Waals surface area contributed by atoms with Crippen LogP contribution in [-0.2, 0) is 13.0 Å². The predicted octanol–water partition coefficient (Wildman–Crippen LogP) is 4.35. The van der Waals surface area contributed by atoms with E-state index in [0.717, 1.165) is 6.54 Å². The fourth-order valence-electron chi connectivity index (χ4n) is 3.33. The first-order valence-corrected chi connectivity index (χ1v) is 7.61. The lowest BCUT2D eigenvalue weighted by atomic mass is 9.89. The summed E-state index contributed by atoms with van der Waals surface area (Å²) in [6.07, 6.45) is 1.21. The molecular weight excluding hydrogens is 242 g/mol. The number of benzene rings is 2. The van der Waals surface area contributed by atoms with Crippen molar-refractivity contribution in [2.24, 2.45) is 11.8 Å². The van der Waals surface area contributed by atoms with Crippen LogP contribution in [0.1, 0.15) is 36.6 Å². The van der Waals surface area contributed by atoms with Gasteiger partial charge in [-0.1, -0.05) is 68.4 Å². The van der Waals surface area contributed by atoms with Crippen LogP contribution in [-0.4, -0.2) is 0 Å². The lowest BCUT2D eigenvalue weighted by Crippen LogP contribution is -2.27. The van der Waals surface area contributed by atoms with Gasteiger partial charge in [0.25, 0.3) is 0 Å². The van der Waals surface area contributed by atoms with E-state index >= 15 is 0 Å². The average molecular weight is 265 g/mol. The van der Waals surface area contributed by atoms with Crippen LogP contribution in [0.2, 0.25) is 0 Å². The van der Waals surface area contributed by atoms with E-state index in [1.54, 1.807) is 0 Å². The van der Waals surface area contributed by atoms with E-state index in [1.807, 2.05) is 0 Å². The summed E-state index contributed by atoms with van der Waals surface area (Å²) >= 11 is 0. The van der Waals surface area contributed by atoms with Crippen LogP contribution in [0.3, 0.4) is 0 Å². The van der Waals surface area contributed by atoms with Gasteiger partial charge in [-0.3, -0.25) is 0 Å². The van der Waals surface area contributed by atoms with Crippen LogP contribution in [0.15, 0.2) is 54.6 Å². The van der Waals surface area contributed by atoms with Crippen molar-refractivity contribution in [3.63, 3.8) is 0 Å². The van der Waals surface area contributed by atoms with Gasteiger partial charge in [0.2, 0.25) is 0 Å². The van der Waals surface area contributed by atoms with E-state index in [4.69, 9.17) is 0 Å². The Morgan fingerprint density at radius 3 is 2.45 bits per heavy atom. The lowest BCUT2D eigenvalue weighted by molar-refractivity contribution is 0.300. The van der Waals surface area contributed by atoms with Crippen molar-refractivity contribution in [3.8, 4) is 0 Å². The summed E-state index contributed by atoms with van der Waals surface area (Å²) in [5.74, 6) is 1.41. The van der Waals surface area contributed by atoms with Crippen molar-refractivity contribution >= 4 is 0 Å². The topological polar surface area (TPSA) is 12.0 Å². The molecule has 3 rings (SSSR count). The number of hydrogen-bond donors (Lipinski definition) is 1. The van der Waals surface area contributed by atoms with Gasteiger partial charge in [0.05, 0.1) is 0 Å². The maximum atomic E-state index is 3.79. The molecule has 2 aromatic carbocycles. The average Bonchev–Trinajstić information content (AvgIpc) is 2.85. The van der Waals surface area contributed by atoms with Crippen molar-refractivity contribution in [1.29, 1.82) is 0 Å². The molecule has 2 aromatic rings. The Hall–Kier alpha value is -1.60. The number of hydrogen-bond acceptors (Lipinski definition) is 1. The molecule has 0 fully saturated rings. The highest BCUT2D eigenvalue weighted by Crippen LogP contribution is 2.40. The fourth-order valence-corrected chi connectivity index (χ4v) is 3.33. The zero-order valence-corrected chi connectivity index (χ0v) is 12.3. The predicted molar refractivity (Wildman–Crippen MR) is 84.5 cm³/mol. The Labute approximate surface area is 122 Å². The summed E-state index contributed by atoms with van der Waals surface area (Å²) in [6, 6.07) is 20.1. The van der Waals surface area contributed by atoms with Crippen molar-refractivity contribution in [3.05, 3.63) is 71.3 Å². The molecule has 0 unspecified atom stereocenters. The molecule has 0 saturated heterocycles. The van der Waals surface area contributed by atoms with Gasteiger partial charge in [-0.15, -0.1) is 0 Å². The van der Waals surface area contributed by atoms with Gasteiger partial charge in [0.15, 0.2) is 0 Å². The first-order valence-electron chi connectivity index (χ1n) is 7.61. The monoisotopic (exact) mass is 265 g/mol. The van der Waals surface area contributed by atoms with E-state index in [2.05, 4.69) is 73.8 Å². The fraction of sp³-hybridized carbons (Fsp3) is 0.368. The molecule has 0 aliphatic heterocycles. The van der Waals surface area contributed by atoms with Gasteiger partial charge in [-0.25, -0.2) is 0 Å². The molecule has 1 nitrogen and oxygen atoms in total. The summed E-state index contributed by atoms with van der Waals surface area (Å²) in [7, 11) is 0.